The van der Waals surface area contributed by atoms with E-state index in [-0.39, 0.29) is 25.4 Å². The third-order valence-corrected chi connectivity index (χ3v) is 4.00. The Bertz CT molecular complexity index is 375. The number of urea groups is 1. The Balaban J connectivity index is 2.04. The van der Waals surface area contributed by atoms with Crippen LogP contribution in [0.3, 0.4) is 0 Å². The molecule has 2 aliphatic rings. The fraction of sp³-hybridized carbons (Fsp3) is 0.833. The zero-order chi connectivity index (χ0) is 14.2. The van der Waals surface area contributed by atoms with Crippen LogP contribution in [0.2, 0.25) is 0 Å². The van der Waals surface area contributed by atoms with Gasteiger partial charge < -0.3 is 25.1 Å². The van der Waals surface area contributed by atoms with Crippen molar-refractivity contribution in [2.75, 3.05) is 19.6 Å². The number of nitrogens with zero attached hydrogens (tertiary/aromatic N) is 2. The number of rotatable bonds is 1. The molecular formula is C12H20N2O5. The molecule has 0 aromatic heterocycles. The number of hydrogen-bond donors (Lipinski definition) is 3. The predicted molar refractivity (Wildman–Crippen MR) is 65.5 cm³/mol. The third-order valence-electron chi connectivity index (χ3n) is 4.00. The van der Waals surface area contributed by atoms with E-state index in [0.29, 0.717) is 13.0 Å². The first-order chi connectivity index (χ1) is 8.90. The Kier molecular flexibility index (Phi) is 3.96. The molecule has 0 bridgehead atoms. The lowest BCUT2D eigenvalue weighted by atomic mass is 9.96. The van der Waals surface area contributed by atoms with E-state index in [0.717, 1.165) is 0 Å². The Hall–Kier alpha value is -1.34. The van der Waals surface area contributed by atoms with Crippen molar-refractivity contribution < 1.29 is 24.9 Å². The van der Waals surface area contributed by atoms with Crippen LogP contribution >= 0.6 is 0 Å². The first-order valence-corrected chi connectivity index (χ1v) is 6.54. The summed E-state index contributed by atoms with van der Waals surface area (Å²) in [5, 5.41) is 28.4. The average Bonchev–Trinajstić information content (AvgIpc) is 2.74. The van der Waals surface area contributed by atoms with E-state index in [2.05, 4.69) is 0 Å². The zero-order valence-corrected chi connectivity index (χ0v) is 10.9. The van der Waals surface area contributed by atoms with Crippen LogP contribution in [0, 0.1) is 5.92 Å². The molecule has 19 heavy (non-hydrogen) atoms. The number of carbonyl (C=O) groups is 2. The summed E-state index contributed by atoms with van der Waals surface area (Å²) in [7, 11) is 0. The lowest BCUT2D eigenvalue weighted by Crippen LogP contribution is -2.53. The Morgan fingerprint density at radius 1 is 1.21 bits per heavy atom. The highest BCUT2D eigenvalue weighted by atomic mass is 16.4. The number of aliphatic hydroxyl groups is 2. The fourth-order valence-corrected chi connectivity index (χ4v) is 2.66. The second-order valence-electron chi connectivity index (χ2n) is 5.46. The van der Waals surface area contributed by atoms with Gasteiger partial charge in [-0.2, -0.15) is 0 Å². The predicted octanol–water partition coefficient (Wildman–Crippen LogP) is -0.671. The van der Waals surface area contributed by atoms with Crippen LogP contribution in [0.1, 0.15) is 19.8 Å². The third kappa shape index (κ3) is 2.82. The molecule has 0 aromatic rings. The number of piperidine rings is 1. The van der Waals surface area contributed by atoms with Gasteiger partial charge in [0.2, 0.25) is 0 Å². The van der Waals surface area contributed by atoms with Gasteiger partial charge in [-0.05, 0) is 12.3 Å². The van der Waals surface area contributed by atoms with Crippen LogP contribution in [0.5, 0.6) is 0 Å². The molecule has 0 aliphatic carbocycles. The Morgan fingerprint density at radius 2 is 1.89 bits per heavy atom. The molecular weight excluding hydrogens is 252 g/mol. The minimum Gasteiger partial charge on any atom is -0.480 e. The van der Waals surface area contributed by atoms with Gasteiger partial charge in [0.25, 0.3) is 0 Å². The molecule has 2 amide bonds. The maximum absolute atomic E-state index is 12.3. The summed E-state index contributed by atoms with van der Waals surface area (Å²) < 4.78 is 0. The number of carbonyl (C=O) groups excluding carboxylic acids is 1. The van der Waals surface area contributed by atoms with Gasteiger partial charge in [0.05, 0.1) is 12.2 Å². The van der Waals surface area contributed by atoms with Crippen molar-refractivity contribution in [1.29, 1.82) is 0 Å². The second-order valence-corrected chi connectivity index (χ2v) is 5.46. The number of carboxylic acid groups (broad SMARTS) is 1. The van der Waals surface area contributed by atoms with Crippen molar-refractivity contribution in [3.63, 3.8) is 0 Å². The largest absolute Gasteiger partial charge is 0.480 e. The van der Waals surface area contributed by atoms with Crippen LogP contribution in [-0.2, 0) is 4.79 Å². The summed E-state index contributed by atoms with van der Waals surface area (Å²) >= 11 is 0. The van der Waals surface area contributed by atoms with E-state index in [1.165, 1.54) is 9.80 Å². The molecule has 4 atom stereocenters. The molecule has 7 nitrogen and oxygen atoms in total. The topological polar surface area (TPSA) is 101 Å². The number of hydrogen-bond acceptors (Lipinski definition) is 4. The minimum atomic E-state index is -1.10. The van der Waals surface area contributed by atoms with E-state index in [9.17, 15) is 19.8 Å². The molecule has 2 aliphatic heterocycles. The SMILES string of the molecule is CC1CCN(C(=O)N2C[C@H](O)C[C@@H]2C(=O)O)CC1O. The molecule has 0 saturated carbocycles. The number of aliphatic hydroxyl groups excluding tert-OH is 2. The molecule has 108 valence electrons. The van der Waals surface area contributed by atoms with Gasteiger partial charge in [0, 0.05) is 26.1 Å². The summed E-state index contributed by atoms with van der Waals surface area (Å²) in [6.07, 6.45) is -0.610. The quantitative estimate of drug-likeness (QED) is 0.587. The maximum Gasteiger partial charge on any atom is 0.326 e. The van der Waals surface area contributed by atoms with Crippen molar-refractivity contribution in [2.45, 2.75) is 38.0 Å². The second kappa shape index (κ2) is 5.34. The normalized spacial score (nSPS) is 35.5. The average molecular weight is 272 g/mol. The lowest BCUT2D eigenvalue weighted by Gasteiger charge is -2.37. The first-order valence-electron chi connectivity index (χ1n) is 6.54. The monoisotopic (exact) mass is 272 g/mol. The van der Waals surface area contributed by atoms with Gasteiger partial charge in [-0.1, -0.05) is 6.92 Å². The van der Waals surface area contributed by atoms with Crippen LogP contribution in [0.25, 0.3) is 0 Å². The summed E-state index contributed by atoms with van der Waals surface area (Å²) in [6.45, 7) is 2.69. The van der Waals surface area contributed by atoms with Crippen molar-refractivity contribution >= 4 is 12.0 Å². The Labute approximate surface area is 111 Å². The van der Waals surface area contributed by atoms with Crippen LogP contribution < -0.4 is 0 Å². The van der Waals surface area contributed by atoms with E-state index in [1.807, 2.05) is 6.92 Å². The molecule has 2 saturated heterocycles. The van der Waals surface area contributed by atoms with Crippen molar-refractivity contribution in [1.82, 2.24) is 9.80 Å². The standard InChI is InChI=1S/C12H20N2O5/c1-7-2-3-13(6-10(7)16)12(19)14-5-8(15)4-9(14)11(17)18/h7-10,15-16H,2-6H2,1H3,(H,17,18)/t7?,8-,9-,10?/m1/s1. The summed E-state index contributed by atoms with van der Waals surface area (Å²) in [6, 6.07) is -1.38. The molecule has 0 spiro atoms. The van der Waals surface area contributed by atoms with Gasteiger partial charge in [-0.3, -0.25) is 0 Å². The summed E-state index contributed by atoms with van der Waals surface area (Å²) in [5.74, 6) is -0.959. The highest BCUT2D eigenvalue weighted by Crippen LogP contribution is 2.23. The van der Waals surface area contributed by atoms with Crippen molar-refractivity contribution in [3.8, 4) is 0 Å². The van der Waals surface area contributed by atoms with Crippen LogP contribution in [-0.4, -0.2) is 75.0 Å². The van der Waals surface area contributed by atoms with Gasteiger partial charge in [-0.25, -0.2) is 9.59 Å². The Morgan fingerprint density at radius 3 is 2.47 bits per heavy atom. The maximum atomic E-state index is 12.3. The fourth-order valence-electron chi connectivity index (χ4n) is 2.66. The number of amides is 2. The van der Waals surface area contributed by atoms with Gasteiger partial charge in [0.1, 0.15) is 6.04 Å². The highest BCUT2D eigenvalue weighted by molar-refractivity contribution is 5.83. The number of carboxylic acids is 1. The molecule has 2 rings (SSSR count). The van der Waals surface area contributed by atoms with Gasteiger partial charge in [-0.15, -0.1) is 0 Å². The van der Waals surface area contributed by atoms with Crippen LogP contribution in [0.15, 0.2) is 0 Å². The molecule has 0 radical (unpaired) electrons. The number of β-amino-alcohol motifs (C(OH)–C–C–N with tert-alkyl or cyclic N) is 2. The smallest absolute Gasteiger partial charge is 0.326 e. The molecule has 0 aromatic carbocycles. The van der Waals surface area contributed by atoms with Crippen LogP contribution in [0.4, 0.5) is 4.79 Å². The summed E-state index contributed by atoms with van der Waals surface area (Å²) in [4.78, 5) is 26.0. The summed E-state index contributed by atoms with van der Waals surface area (Å²) in [5.41, 5.74) is 0. The minimum absolute atomic E-state index is 0.0396. The van der Waals surface area contributed by atoms with E-state index in [4.69, 9.17) is 5.11 Å². The van der Waals surface area contributed by atoms with Gasteiger partial charge >= 0.3 is 12.0 Å². The zero-order valence-electron chi connectivity index (χ0n) is 10.9. The molecule has 2 fully saturated rings. The highest BCUT2D eigenvalue weighted by Gasteiger charge is 2.41. The lowest BCUT2D eigenvalue weighted by molar-refractivity contribution is -0.141. The van der Waals surface area contributed by atoms with Crippen molar-refractivity contribution in [3.05, 3.63) is 0 Å². The molecule has 2 unspecified atom stereocenters. The molecule has 7 heteroatoms. The van der Waals surface area contributed by atoms with Gasteiger partial charge in [0.15, 0.2) is 0 Å². The van der Waals surface area contributed by atoms with Crippen molar-refractivity contribution in [2.24, 2.45) is 5.92 Å². The number of aliphatic carboxylic acids is 1. The first kappa shape index (κ1) is 14.1. The molecule has 3 N–H and O–H groups in total. The van der Waals surface area contributed by atoms with E-state index in [1.54, 1.807) is 0 Å². The molecule has 2 heterocycles. The van der Waals surface area contributed by atoms with E-state index < -0.39 is 30.3 Å². The number of likely N-dealkylation sites (tertiary alicyclic amines) is 2. The van der Waals surface area contributed by atoms with E-state index >= 15 is 0 Å².